The van der Waals surface area contributed by atoms with E-state index < -0.39 is 0 Å². The Bertz CT molecular complexity index is 393. The molecule has 4 heteroatoms. The average Bonchev–Trinajstić information content (AvgIpc) is 2.78. The van der Waals surface area contributed by atoms with E-state index in [4.69, 9.17) is 5.26 Å². The number of nitriles is 1. The first kappa shape index (κ1) is 9.84. The van der Waals surface area contributed by atoms with E-state index in [9.17, 15) is 4.79 Å². The van der Waals surface area contributed by atoms with E-state index in [0.717, 1.165) is 11.8 Å². The van der Waals surface area contributed by atoms with Crippen LogP contribution in [0.1, 0.15) is 17.3 Å². The third kappa shape index (κ3) is 2.04. The molecule has 0 bridgehead atoms. The predicted octanol–water partition coefficient (Wildman–Crippen LogP) is 0.317. The molecular weight excluding hydrogens is 190 g/mol. The molecule has 2 unspecified atom stereocenters. The minimum atomic E-state index is -0.120. The zero-order chi connectivity index (χ0) is 10.7. The van der Waals surface area contributed by atoms with Gasteiger partial charge in [-0.05, 0) is 17.7 Å². The number of nitrogens with zero attached hydrogens (tertiary/aromatic N) is 1. The number of aldehydes is 1. The zero-order valence-corrected chi connectivity index (χ0v) is 8.10. The van der Waals surface area contributed by atoms with Gasteiger partial charge in [0.15, 0.2) is 0 Å². The molecule has 4 nitrogen and oxygen atoms in total. The lowest BCUT2D eigenvalue weighted by Gasteiger charge is -2.11. The SMILES string of the molecule is N#Cc1ccc(C2NCC(C=O)N2)cc1. The Morgan fingerprint density at radius 3 is 2.67 bits per heavy atom. The zero-order valence-electron chi connectivity index (χ0n) is 8.10. The van der Waals surface area contributed by atoms with Crippen LogP contribution >= 0.6 is 0 Å². The largest absolute Gasteiger partial charge is 0.302 e. The number of benzene rings is 1. The number of hydrogen-bond donors (Lipinski definition) is 2. The van der Waals surface area contributed by atoms with E-state index in [1.54, 1.807) is 12.1 Å². The first-order valence-electron chi connectivity index (χ1n) is 4.78. The molecule has 0 aromatic heterocycles. The van der Waals surface area contributed by atoms with E-state index in [0.29, 0.717) is 12.1 Å². The van der Waals surface area contributed by atoms with Crippen LogP contribution in [0.3, 0.4) is 0 Å². The van der Waals surface area contributed by atoms with Crippen LogP contribution in [-0.4, -0.2) is 18.9 Å². The molecule has 0 radical (unpaired) electrons. The lowest BCUT2D eigenvalue weighted by molar-refractivity contribution is -0.109. The van der Waals surface area contributed by atoms with Gasteiger partial charge < -0.3 is 4.79 Å². The summed E-state index contributed by atoms with van der Waals surface area (Å²) in [7, 11) is 0. The van der Waals surface area contributed by atoms with Crippen LogP contribution in [0.5, 0.6) is 0 Å². The summed E-state index contributed by atoms with van der Waals surface area (Å²) in [5.41, 5.74) is 1.68. The molecule has 2 N–H and O–H groups in total. The van der Waals surface area contributed by atoms with E-state index in [1.807, 2.05) is 12.1 Å². The van der Waals surface area contributed by atoms with Crippen molar-refractivity contribution in [1.29, 1.82) is 5.26 Å². The van der Waals surface area contributed by atoms with Crippen LogP contribution in [0.4, 0.5) is 0 Å². The summed E-state index contributed by atoms with van der Waals surface area (Å²) in [5, 5.41) is 15.0. The molecule has 1 heterocycles. The fraction of sp³-hybridized carbons (Fsp3) is 0.273. The van der Waals surface area contributed by atoms with Crippen molar-refractivity contribution in [2.75, 3.05) is 6.54 Å². The standard InChI is InChI=1S/C11H11N3O/c12-5-8-1-3-9(4-2-8)11-13-6-10(7-15)14-11/h1-4,7,10-11,13-14H,6H2. The molecule has 0 saturated carbocycles. The summed E-state index contributed by atoms with van der Waals surface area (Å²) in [6.45, 7) is 0.647. The summed E-state index contributed by atoms with van der Waals surface area (Å²) in [5.74, 6) is 0. The third-order valence-electron chi connectivity index (χ3n) is 2.46. The first-order chi connectivity index (χ1) is 7.33. The number of nitrogens with one attached hydrogen (secondary N) is 2. The lowest BCUT2D eigenvalue weighted by Crippen LogP contribution is -2.27. The normalized spacial score (nSPS) is 24.7. The van der Waals surface area contributed by atoms with Crippen molar-refractivity contribution in [2.24, 2.45) is 0 Å². The molecule has 1 aliphatic rings. The van der Waals surface area contributed by atoms with E-state index in [1.165, 1.54) is 0 Å². The molecule has 2 rings (SSSR count). The van der Waals surface area contributed by atoms with E-state index >= 15 is 0 Å². The maximum Gasteiger partial charge on any atom is 0.138 e. The average molecular weight is 201 g/mol. The Labute approximate surface area is 87.9 Å². The van der Waals surface area contributed by atoms with Gasteiger partial charge in [0.2, 0.25) is 0 Å². The summed E-state index contributed by atoms with van der Waals surface area (Å²) >= 11 is 0. The molecule has 15 heavy (non-hydrogen) atoms. The maximum absolute atomic E-state index is 10.5. The van der Waals surface area contributed by atoms with Crippen molar-refractivity contribution in [2.45, 2.75) is 12.2 Å². The second kappa shape index (κ2) is 4.22. The number of carbonyl (C=O) groups is 1. The van der Waals surface area contributed by atoms with Crippen molar-refractivity contribution < 1.29 is 4.79 Å². The van der Waals surface area contributed by atoms with Gasteiger partial charge in [-0.1, -0.05) is 12.1 Å². The van der Waals surface area contributed by atoms with Gasteiger partial charge in [0.25, 0.3) is 0 Å². The van der Waals surface area contributed by atoms with Crippen molar-refractivity contribution in [3.8, 4) is 6.07 Å². The van der Waals surface area contributed by atoms with Crippen molar-refractivity contribution in [3.63, 3.8) is 0 Å². The van der Waals surface area contributed by atoms with Gasteiger partial charge >= 0.3 is 0 Å². The van der Waals surface area contributed by atoms with Crippen LogP contribution in [-0.2, 0) is 4.79 Å². The van der Waals surface area contributed by atoms with Crippen LogP contribution in [0, 0.1) is 11.3 Å². The van der Waals surface area contributed by atoms with E-state index in [2.05, 4.69) is 16.7 Å². The first-order valence-corrected chi connectivity index (χ1v) is 4.78. The Morgan fingerprint density at radius 1 is 1.40 bits per heavy atom. The number of rotatable bonds is 2. The summed E-state index contributed by atoms with van der Waals surface area (Å²) in [4.78, 5) is 10.5. The van der Waals surface area contributed by atoms with Crippen molar-refractivity contribution >= 4 is 6.29 Å². The van der Waals surface area contributed by atoms with Gasteiger partial charge in [0.1, 0.15) is 6.29 Å². The minimum Gasteiger partial charge on any atom is -0.302 e. The van der Waals surface area contributed by atoms with Crippen LogP contribution in [0.2, 0.25) is 0 Å². The summed E-state index contributed by atoms with van der Waals surface area (Å²) in [6.07, 6.45) is 0.907. The van der Waals surface area contributed by atoms with Gasteiger partial charge in [-0.2, -0.15) is 5.26 Å². The fourth-order valence-electron chi connectivity index (χ4n) is 1.63. The van der Waals surface area contributed by atoms with Crippen LogP contribution < -0.4 is 10.6 Å². The van der Waals surface area contributed by atoms with Crippen LogP contribution in [0.25, 0.3) is 0 Å². The van der Waals surface area contributed by atoms with Gasteiger partial charge in [0, 0.05) is 6.54 Å². The Morgan fingerprint density at radius 2 is 2.13 bits per heavy atom. The molecule has 1 fully saturated rings. The molecule has 0 amide bonds. The van der Waals surface area contributed by atoms with Gasteiger partial charge in [-0.25, -0.2) is 0 Å². The second-order valence-corrected chi connectivity index (χ2v) is 3.48. The smallest absolute Gasteiger partial charge is 0.138 e. The minimum absolute atomic E-state index is 0.00735. The lowest BCUT2D eigenvalue weighted by atomic mass is 10.1. The molecule has 0 aliphatic carbocycles. The van der Waals surface area contributed by atoms with Gasteiger partial charge in [-0.3, -0.25) is 10.6 Å². The third-order valence-corrected chi connectivity index (χ3v) is 2.46. The molecule has 1 aromatic rings. The fourth-order valence-corrected chi connectivity index (χ4v) is 1.63. The highest BCUT2D eigenvalue weighted by molar-refractivity contribution is 5.58. The molecule has 1 saturated heterocycles. The Balaban J connectivity index is 2.11. The highest BCUT2D eigenvalue weighted by Gasteiger charge is 2.23. The summed E-state index contributed by atoms with van der Waals surface area (Å²) < 4.78 is 0. The molecule has 1 aliphatic heterocycles. The monoisotopic (exact) mass is 201 g/mol. The molecule has 2 atom stereocenters. The Hall–Kier alpha value is -1.70. The summed E-state index contributed by atoms with van der Waals surface area (Å²) in [6, 6.07) is 9.26. The van der Waals surface area contributed by atoms with Gasteiger partial charge in [0.05, 0.1) is 23.8 Å². The molecule has 1 aromatic carbocycles. The van der Waals surface area contributed by atoms with Crippen molar-refractivity contribution in [3.05, 3.63) is 35.4 Å². The highest BCUT2D eigenvalue weighted by atomic mass is 16.1. The van der Waals surface area contributed by atoms with Crippen molar-refractivity contribution in [1.82, 2.24) is 10.6 Å². The second-order valence-electron chi connectivity index (χ2n) is 3.48. The van der Waals surface area contributed by atoms with Crippen LogP contribution in [0.15, 0.2) is 24.3 Å². The maximum atomic E-state index is 10.5. The Kier molecular flexibility index (Phi) is 2.77. The molecule has 0 spiro atoms. The predicted molar refractivity (Wildman–Crippen MR) is 54.9 cm³/mol. The van der Waals surface area contributed by atoms with E-state index in [-0.39, 0.29) is 12.2 Å². The molecule has 76 valence electrons. The van der Waals surface area contributed by atoms with Gasteiger partial charge in [-0.15, -0.1) is 0 Å². The number of carbonyl (C=O) groups excluding carboxylic acids is 1. The number of hydrogen-bond acceptors (Lipinski definition) is 4. The molecular formula is C11H11N3O. The quantitative estimate of drug-likeness (QED) is 0.676. The topological polar surface area (TPSA) is 64.9 Å². The highest BCUT2D eigenvalue weighted by Crippen LogP contribution is 2.14.